The molecule has 0 rings (SSSR count). The highest BCUT2D eigenvalue weighted by atomic mass is 33.1. The number of hydrogen-bond donors (Lipinski definition) is 0. The van der Waals surface area contributed by atoms with E-state index in [0.717, 1.165) is 23.3 Å². The van der Waals surface area contributed by atoms with Crippen molar-refractivity contribution in [3.63, 3.8) is 0 Å². The predicted octanol–water partition coefficient (Wildman–Crippen LogP) is 3.65. The lowest BCUT2D eigenvalue weighted by Crippen LogP contribution is -2.26. The Morgan fingerprint density at radius 2 is 1.85 bits per heavy atom. The fraction of sp³-hybridized carbons (Fsp3) is 0.889. The molecular formula is C9H19NS3. The molecule has 0 saturated carbocycles. The normalized spacial score (nSPS) is 10.5. The lowest BCUT2D eigenvalue weighted by molar-refractivity contribution is 0.482. The van der Waals surface area contributed by atoms with E-state index in [9.17, 15) is 0 Å². The van der Waals surface area contributed by atoms with Gasteiger partial charge in [-0.05, 0) is 30.6 Å². The molecule has 0 radical (unpaired) electrons. The zero-order valence-electron chi connectivity index (χ0n) is 8.87. The fourth-order valence-electron chi connectivity index (χ4n) is 0.755. The Kier molecular flexibility index (Phi) is 8.31. The van der Waals surface area contributed by atoms with Crippen molar-refractivity contribution in [1.29, 1.82) is 0 Å². The molecule has 0 atom stereocenters. The number of hydrogen-bond acceptors (Lipinski definition) is 3. The zero-order chi connectivity index (χ0) is 10.3. The van der Waals surface area contributed by atoms with Crippen LogP contribution in [-0.4, -0.2) is 28.1 Å². The molecule has 0 amide bonds. The van der Waals surface area contributed by atoms with Gasteiger partial charge >= 0.3 is 0 Å². The monoisotopic (exact) mass is 237 g/mol. The molecule has 0 N–H and O–H groups in total. The first-order chi connectivity index (χ1) is 6.11. The van der Waals surface area contributed by atoms with Crippen molar-refractivity contribution in [3.05, 3.63) is 0 Å². The topological polar surface area (TPSA) is 3.24 Å². The molecule has 0 aromatic carbocycles. The molecule has 0 aliphatic carbocycles. The number of rotatable bonds is 5. The third-order valence-electron chi connectivity index (χ3n) is 1.55. The third kappa shape index (κ3) is 6.63. The van der Waals surface area contributed by atoms with Crippen molar-refractivity contribution in [2.24, 2.45) is 5.92 Å². The third-order valence-corrected chi connectivity index (χ3v) is 4.93. The molecule has 13 heavy (non-hydrogen) atoms. The van der Waals surface area contributed by atoms with Crippen molar-refractivity contribution < 1.29 is 0 Å². The Labute approximate surface area is 95.4 Å². The highest BCUT2D eigenvalue weighted by Crippen LogP contribution is 2.26. The molecule has 0 saturated heterocycles. The van der Waals surface area contributed by atoms with Crippen LogP contribution in [0.5, 0.6) is 0 Å². The van der Waals surface area contributed by atoms with E-state index < -0.39 is 0 Å². The maximum atomic E-state index is 5.29. The number of nitrogens with zero attached hydrogens (tertiary/aromatic N) is 1. The minimum absolute atomic E-state index is 0.747. The van der Waals surface area contributed by atoms with E-state index in [-0.39, 0.29) is 0 Å². The quantitative estimate of drug-likeness (QED) is 0.530. The van der Waals surface area contributed by atoms with Crippen LogP contribution in [-0.2, 0) is 0 Å². The van der Waals surface area contributed by atoms with Crippen LogP contribution in [0.1, 0.15) is 27.7 Å². The van der Waals surface area contributed by atoms with Gasteiger partial charge in [0.05, 0.1) is 0 Å². The summed E-state index contributed by atoms with van der Waals surface area (Å²) in [6.45, 7) is 10.8. The van der Waals surface area contributed by atoms with Gasteiger partial charge < -0.3 is 4.90 Å². The molecule has 1 nitrogen and oxygen atoms in total. The largest absolute Gasteiger partial charge is 0.357 e. The van der Waals surface area contributed by atoms with Crippen molar-refractivity contribution in [3.8, 4) is 0 Å². The Morgan fingerprint density at radius 3 is 2.23 bits per heavy atom. The Bertz CT molecular complexity index is 144. The van der Waals surface area contributed by atoms with Crippen LogP contribution < -0.4 is 0 Å². The average Bonchev–Trinajstić information content (AvgIpc) is 2.05. The van der Waals surface area contributed by atoms with Crippen LogP contribution in [0.4, 0.5) is 0 Å². The first-order valence-corrected chi connectivity index (χ1v) is 7.42. The van der Waals surface area contributed by atoms with Gasteiger partial charge in [0.25, 0.3) is 0 Å². The van der Waals surface area contributed by atoms with Gasteiger partial charge in [0.1, 0.15) is 4.32 Å². The summed E-state index contributed by atoms with van der Waals surface area (Å²) in [4.78, 5) is 2.22. The highest BCUT2D eigenvalue weighted by molar-refractivity contribution is 8.83. The van der Waals surface area contributed by atoms with Gasteiger partial charge in [0.15, 0.2) is 0 Å². The van der Waals surface area contributed by atoms with Crippen LogP contribution in [0, 0.1) is 5.92 Å². The Hall–Kier alpha value is 0.590. The van der Waals surface area contributed by atoms with E-state index in [1.54, 1.807) is 10.8 Å². The summed E-state index contributed by atoms with van der Waals surface area (Å²) in [5.41, 5.74) is 0. The maximum absolute atomic E-state index is 5.29. The van der Waals surface area contributed by atoms with Crippen LogP contribution >= 0.6 is 33.8 Å². The molecule has 0 aliphatic rings. The smallest absolute Gasteiger partial charge is 0.147 e. The van der Waals surface area contributed by atoms with Crippen LogP contribution in [0.2, 0.25) is 0 Å². The second-order valence-electron chi connectivity index (χ2n) is 3.20. The van der Waals surface area contributed by atoms with E-state index >= 15 is 0 Å². The lowest BCUT2D eigenvalue weighted by Gasteiger charge is -2.20. The van der Waals surface area contributed by atoms with Crippen LogP contribution in [0.25, 0.3) is 0 Å². The van der Waals surface area contributed by atoms with E-state index in [1.165, 1.54) is 5.75 Å². The van der Waals surface area contributed by atoms with Crippen LogP contribution in [0.15, 0.2) is 0 Å². The summed E-state index contributed by atoms with van der Waals surface area (Å²) < 4.78 is 1.02. The second-order valence-corrected chi connectivity index (χ2v) is 6.17. The zero-order valence-corrected chi connectivity index (χ0v) is 11.3. The SMILES string of the molecule is CCN(CC)C(=S)SSCC(C)C. The first kappa shape index (κ1) is 13.6. The van der Waals surface area contributed by atoms with Crippen molar-refractivity contribution in [2.75, 3.05) is 18.8 Å². The van der Waals surface area contributed by atoms with Gasteiger partial charge in [-0.15, -0.1) is 0 Å². The molecule has 0 spiro atoms. The second kappa shape index (κ2) is 7.94. The molecule has 0 unspecified atom stereocenters. The molecule has 0 bridgehead atoms. The maximum Gasteiger partial charge on any atom is 0.147 e. The Balaban J connectivity index is 3.60. The predicted molar refractivity (Wildman–Crippen MR) is 70.4 cm³/mol. The summed E-state index contributed by atoms with van der Waals surface area (Å²) in [6, 6.07) is 0. The molecule has 0 aromatic heterocycles. The summed E-state index contributed by atoms with van der Waals surface area (Å²) in [5, 5.41) is 0. The fourth-order valence-corrected chi connectivity index (χ4v) is 3.89. The molecule has 4 heteroatoms. The van der Waals surface area contributed by atoms with E-state index in [1.807, 2.05) is 10.8 Å². The summed E-state index contributed by atoms with van der Waals surface area (Å²) in [6.07, 6.45) is 0. The van der Waals surface area contributed by atoms with E-state index in [2.05, 4.69) is 32.6 Å². The van der Waals surface area contributed by atoms with Gasteiger partial charge in [-0.2, -0.15) is 0 Å². The van der Waals surface area contributed by atoms with Gasteiger partial charge in [0, 0.05) is 18.8 Å². The molecule has 78 valence electrons. The average molecular weight is 237 g/mol. The summed E-state index contributed by atoms with van der Waals surface area (Å²) in [5.74, 6) is 1.92. The lowest BCUT2D eigenvalue weighted by atomic mass is 10.3. The Morgan fingerprint density at radius 1 is 1.31 bits per heavy atom. The standard InChI is InChI=1S/C9H19NS3/c1-5-10(6-2)9(11)13-12-7-8(3)4/h8H,5-7H2,1-4H3. The van der Waals surface area contributed by atoms with Crippen LogP contribution in [0.3, 0.4) is 0 Å². The molecule has 0 aliphatic heterocycles. The van der Waals surface area contributed by atoms with Gasteiger partial charge in [-0.25, -0.2) is 0 Å². The minimum Gasteiger partial charge on any atom is -0.357 e. The van der Waals surface area contributed by atoms with Gasteiger partial charge in [-0.3, -0.25) is 0 Å². The summed E-state index contributed by atoms with van der Waals surface area (Å²) >= 11 is 5.29. The van der Waals surface area contributed by atoms with Crippen molar-refractivity contribution in [2.45, 2.75) is 27.7 Å². The van der Waals surface area contributed by atoms with Gasteiger partial charge in [-0.1, -0.05) is 36.9 Å². The van der Waals surface area contributed by atoms with Gasteiger partial charge in [0.2, 0.25) is 0 Å². The van der Waals surface area contributed by atoms with E-state index in [0.29, 0.717) is 0 Å². The van der Waals surface area contributed by atoms with Crippen molar-refractivity contribution in [1.82, 2.24) is 4.90 Å². The van der Waals surface area contributed by atoms with Crippen molar-refractivity contribution >= 4 is 38.1 Å². The molecule has 0 fully saturated rings. The number of thiocarbonyl (C=S) groups is 1. The highest BCUT2D eigenvalue weighted by Gasteiger charge is 2.06. The molecular weight excluding hydrogens is 218 g/mol. The molecule has 0 aromatic rings. The summed E-state index contributed by atoms with van der Waals surface area (Å²) in [7, 11) is 3.60. The molecule has 0 heterocycles. The first-order valence-electron chi connectivity index (χ1n) is 4.70. The van der Waals surface area contributed by atoms with E-state index in [4.69, 9.17) is 12.2 Å². The minimum atomic E-state index is 0.747.